The minimum atomic E-state index is -2.28. The fraction of sp³-hybridized carbons (Fsp3) is 0.158. The van der Waals surface area contributed by atoms with E-state index >= 15 is 0 Å². The molecule has 0 bridgehead atoms. The molecule has 2 heterocycles. The molecule has 0 spiro atoms. The summed E-state index contributed by atoms with van der Waals surface area (Å²) in [6.07, 6.45) is 0. The largest absolute Gasteiger partial charge is 0.321 e. The molecule has 4 nitrogen and oxygen atoms in total. The molecular formula is C57H50N4. The fourth-order valence-electron chi connectivity index (χ4n) is 10.7. The number of aryl methyl sites for hydroxylation is 6. The number of rotatable bonds is 6. The minimum absolute atomic E-state index is 0.359. The van der Waals surface area contributed by atoms with Crippen LogP contribution in [0.25, 0.3) is 33.4 Å². The van der Waals surface area contributed by atoms with Crippen molar-refractivity contribution < 1.29 is 8.22 Å². The van der Waals surface area contributed by atoms with Crippen LogP contribution in [0.15, 0.2) is 170 Å². The molecule has 0 aromatic heterocycles. The average molecular weight is 797 g/mol. The van der Waals surface area contributed by atoms with Gasteiger partial charge in [-0.25, -0.2) is 0 Å². The van der Waals surface area contributed by atoms with Gasteiger partial charge in [0.15, 0.2) is 5.66 Å². The zero-order valence-corrected chi connectivity index (χ0v) is 34.9. The molecule has 11 rings (SSSR count). The van der Waals surface area contributed by atoms with Crippen molar-refractivity contribution in [3.05, 3.63) is 214 Å². The summed E-state index contributed by atoms with van der Waals surface area (Å²) < 4.78 is 51.1. The van der Waals surface area contributed by atoms with Gasteiger partial charge in [-0.05, 0) is 146 Å². The predicted molar refractivity (Wildman–Crippen MR) is 257 cm³/mol. The van der Waals surface area contributed by atoms with Crippen LogP contribution in [0.2, 0.25) is 0 Å². The first-order valence-electron chi connectivity index (χ1n) is 24.1. The molecule has 3 aliphatic rings. The molecule has 298 valence electrons. The smallest absolute Gasteiger partial charge is 0.170 e. The third kappa shape index (κ3) is 5.58. The predicted octanol–water partition coefficient (Wildman–Crippen LogP) is 14.3. The van der Waals surface area contributed by atoms with Crippen molar-refractivity contribution in [1.82, 2.24) is 0 Å². The molecule has 0 fully saturated rings. The van der Waals surface area contributed by atoms with Gasteiger partial charge in [-0.2, -0.15) is 0 Å². The Balaban J connectivity index is 1.09. The summed E-state index contributed by atoms with van der Waals surface area (Å²) in [5.41, 5.74) is 17.6. The molecule has 0 unspecified atom stereocenters. The van der Waals surface area contributed by atoms with Crippen LogP contribution in [-0.2, 0) is 5.66 Å². The first-order chi connectivity index (χ1) is 32.1. The summed E-state index contributed by atoms with van der Waals surface area (Å²) in [5.74, 6) is 0. The maximum atomic E-state index is 8.52. The Hall–Kier alpha value is -7.04. The van der Waals surface area contributed by atoms with E-state index in [4.69, 9.17) is 8.22 Å². The molecule has 0 saturated carbocycles. The molecule has 4 heteroatoms. The number of hydrogen-bond acceptors (Lipinski definition) is 4. The second kappa shape index (κ2) is 14.0. The molecule has 0 N–H and O–H groups in total. The van der Waals surface area contributed by atoms with Crippen molar-refractivity contribution in [2.75, 3.05) is 32.9 Å². The van der Waals surface area contributed by atoms with Crippen molar-refractivity contribution in [3.8, 4) is 33.4 Å². The molecule has 0 amide bonds. The molecular weight excluding hydrogens is 741 g/mol. The van der Waals surface area contributed by atoms with E-state index in [1.807, 2.05) is 52.0 Å². The first kappa shape index (κ1) is 30.9. The molecule has 0 atom stereocenters. The zero-order valence-electron chi connectivity index (χ0n) is 40.9. The maximum Gasteiger partial charge on any atom is 0.170 e. The van der Waals surface area contributed by atoms with Gasteiger partial charge in [0.25, 0.3) is 0 Å². The van der Waals surface area contributed by atoms with Crippen LogP contribution >= 0.6 is 0 Å². The summed E-state index contributed by atoms with van der Waals surface area (Å²) in [4.78, 5) is 9.83. The van der Waals surface area contributed by atoms with Crippen LogP contribution in [0, 0.1) is 41.4 Å². The van der Waals surface area contributed by atoms with Crippen LogP contribution in [0.1, 0.15) is 52.7 Å². The number of anilines is 6. The molecule has 61 heavy (non-hydrogen) atoms. The summed E-state index contributed by atoms with van der Waals surface area (Å²) in [7, 11) is 0. The van der Waals surface area contributed by atoms with E-state index in [-0.39, 0.29) is 0 Å². The number of fused-ring (bicyclic) bond motifs is 5. The molecule has 0 radical (unpaired) electrons. The van der Waals surface area contributed by atoms with Crippen molar-refractivity contribution in [3.63, 3.8) is 0 Å². The maximum absolute atomic E-state index is 8.52. The van der Waals surface area contributed by atoms with Crippen LogP contribution in [-0.4, -0.2) is 13.3 Å². The molecule has 0 saturated heterocycles. The molecule has 8 aromatic carbocycles. The number of nitrogens with zero attached hydrogens (tertiary/aromatic N) is 4. The Kier molecular flexibility index (Phi) is 7.11. The highest BCUT2D eigenvalue weighted by molar-refractivity contribution is 5.94. The summed E-state index contributed by atoms with van der Waals surface area (Å²) in [6.45, 7) is 4.32. The Bertz CT molecular complexity index is 3060. The summed E-state index contributed by atoms with van der Waals surface area (Å²) >= 11 is 0. The van der Waals surface area contributed by atoms with Crippen LogP contribution < -0.4 is 19.6 Å². The number of hydrogen-bond donors (Lipinski definition) is 0. The van der Waals surface area contributed by atoms with Gasteiger partial charge >= 0.3 is 0 Å². The van der Waals surface area contributed by atoms with Crippen molar-refractivity contribution in [1.29, 1.82) is 0 Å². The fourth-order valence-corrected chi connectivity index (χ4v) is 10.7. The second-order valence-electron chi connectivity index (χ2n) is 16.8. The van der Waals surface area contributed by atoms with Crippen LogP contribution in [0.3, 0.4) is 0 Å². The third-order valence-electron chi connectivity index (χ3n) is 13.0. The second-order valence-corrected chi connectivity index (χ2v) is 16.8. The van der Waals surface area contributed by atoms with Crippen LogP contribution in [0.4, 0.5) is 34.1 Å². The standard InChI is InChI=1S/C57H50N4/c1-37-29-39(3)55(40(4)30-37)43-17-15-19-45(33-43)58-35-60(53-27-13-11-25-51(53)58)57(49-23-9-7-21-47(49)48-22-8-10-24-50(48)57)61-36-59(52-26-12-14-28-54(52)61)46-20-16-18-44(34-46)56-41(5)31-38(2)32-42(56)6/h7-34H,35-36H2,1-6H3/i3D3,5D3. The number of para-hydroxylation sites is 4. The van der Waals surface area contributed by atoms with Crippen molar-refractivity contribution >= 4 is 34.1 Å². The van der Waals surface area contributed by atoms with Gasteiger partial charge in [0.1, 0.15) is 0 Å². The van der Waals surface area contributed by atoms with E-state index in [1.54, 1.807) is 12.1 Å². The Labute approximate surface area is 369 Å². The highest BCUT2D eigenvalue weighted by atomic mass is 15.5. The van der Waals surface area contributed by atoms with E-state index in [1.165, 1.54) is 22.3 Å². The molecule has 2 aliphatic heterocycles. The SMILES string of the molecule is [2H]C([2H])([2H])c1cc(C)cc(C)c1-c1cccc(N2CN(C3(N4CN(c5cccc(-c6c(C)cc(C)cc6C([2H])([2H])[2H])c5)c5ccccc54)c4ccccc4-c4ccccc43)c3ccccc32)c1. The normalized spacial score (nSPS) is 16.5. The Morgan fingerprint density at radius 2 is 0.803 bits per heavy atom. The lowest BCUT2D eigenvalue weighted by Gasteiger charge is -2.49. The third-order valence-corrected chi connectivity index (χ3v) is 13.0. The van der Waals surface area contributed by atoms with Gasteiger partial charge in [0.2, 0.25) is 0 Å². The van der Waals surface area contributed by atoms with E-state index in [2.05, 4.69) is 153 Å². The molecule has 1 aliphatic carbocycles. The zero-order chi connectivity index (χ0) is 46.6. The van der Waals surface area contributed by atoms with Gasteiger partial charge in [0, 0.05) is 30.7 Å². The van der Waals surface area contributed by atoms with Gasteiger partial charge in [-0.3, -0.25) is 0 Å². The van der Waals surface area contributed by atoms with Crippen molar-refractivity contribution in [2.24, 2.45) is 0 Å². The van der Waals surface area contributed by atoms with Gasteiger partial charge < -0.3 is 19.6 Å². The topological polar surface area (TPSA) is 13.0 Å². The van der Waals surface area contributed by atoms with Gasteiger partial charge in [-0.1, -0.05) is 132 Å². The van der Waals surface area contributed by atoms with Crippen LogP contribution in [0.5, 0.6) is 0 Å². The summed E-state index contributed by atoms with van der Waals surface area (Å²) in [6, 6.07) is 59.2. The average Bonchev–Trinajstić information content (AvgIpc) is 3.98. The van der Waals surface area contributed by atoms with E-state index in [0.717, 1.165) is 78.6 Å². The lowest BCUT2D eigenvalue weighted by molar-refractivity contribution is 0.472. The van der Waals surface area contributed by atoms with E-state index in [0.29, 0.717) is 24.5 Å². The van der Waals surface area contributed by atoms with Gasteiger partial charge in [0.05, 0.1) is 36.1 Å². The highest BCUT2D eigenvalue weighted by Gasteiger charge is 2.57. The summed E-state index contributed by atoms with van der Waals surface area (Å²) in [5, 5.41) is 0. The van der Waals surface area contributed by atoms with Gasteiger partial charge in [-0.15, -0.1) is 0 Å². The number of benzene rings is 8. The quantitative estimate of drug-likeness (QED) is 0.166. The Morgan fingerprint density at radius 3 is 1.25 bits per heavy atom. The van der Waals surface area contributed by atoms with Crippen molar-refractivity contribution in [2.45, 2.75) is 47.1 Å². The first-order valence-corrected chi connectivity index (χ1v) is 21.1. The van der Waals surface area contributed by atoms with E-state index in [9.17, 15) is 0 Å². The monoisotopic (exact) mass is 796 g/mol. The minimum Gasteiger partial charge on any atom is -0.321 e. The van der Waals surface area contributed by atoms with E-state index < -0.39 is 19.4 Å². The molecule has 8 aromatic rings. The lowest BCUT2D eigenvalue weighted by atomic mass is 9.92. The lowest BCUT2D eigenvalue weighted by Crippen LogP contribution is -2.59. The Morgan fingerprint density at radius 1 is 0.410 bits per heavy atom. The highest BCUT2D eigenvalue weighted by Crippen LogP contribution is 2.60.